The van der Waals surface area contributed by atoms with Crippen molar-refractivity contribution in [3.05, 3.63) is 11.8 Å². The van der Waals surface area contributed by atoms with Crippen LogP contribution in [0, 0.1) is 6.92 Å². The molecule has 1 unspecified atom stereocenters. The van der Waals surface area contributed by atoms with Crippen LogP contribution in [0.1, 0.15) is 32.9 Å². The molecule has 1 aromatic heterocycles. The fourth-order valence-electron chi connectivity index (χ4n) is 1.15. The molecule has 0 amide bonds. The molecule has 0 fully saturated rings. The minimum absolute atomic E-state index is 0.376. The maximum atomic E-state index is 5.35. The van der Waals surface area contributed by atoms with Crippen molar-refractivity contribution in [1.29, 1.82) is 0 Å². The molecular weight excluding hydrogens is 190 g/mol. The maximum Gasteiger partial charge on any atom is 0.226 e. The Labute approximate surface area is 91.1 Å². The Kier molecular flexibility index (Phi) is 4.34. The minimum atomic E-state index is 0.376. The maximum absolute atomic E-state index is 5.35. The van der Waals surface area contributed by atoms with Crippen LogP contribution in [0.2, 0.25) is 0 Å². The van der Waals surface area contributed by atoms with Crippen molar-refractivity contribution in [2.24, 2.45) is 0 Å². The average molecular weight is 209 g/mol. The lowest BCUT2D eigenvalue weighted by atomic mass is 10.3. The fourth-order valence-corrected chi connectivity index (χ4v) is 1.15. The van der Waals surface area contributed by atoms with Gasteiger partial charge in [0.1, 0.15) is 0 Å². The summed E-state index contributed by atoms with van der Waals surface area (Å²) in [6, 6.07) is 2.21. The number of hydrogen-bond acceptors (Lipinski definition) is 4. The van der Waals surface area contributed by atoms with Crippen molar-refractivity contribution in [1.82, 2.24) is 9.97 Å². The third kappa shape index (κ3) is 3.73. The second kappa shape index (κ2) is 5.53. The van der Waals surface area contributed by atoms with Crippen molar-refractivity contribution in [2.45, 2.75) is 40.2 Å². The fraction of sp³-hybridized carbons (Fsp3) is 0.636. The van der Waals surface area contributed by atoms with Gasteiger partial charge in [-0.25, -0.2) is 4.98 Å². The molecule has 1 aromatic rings. The van der Waals surface area contributed by atoms with Gasteiger partial charge in [-0.1, -0.05) is 6.92 Å². The molecule has 0 bridgehead atoms. The molecule has 4 nitrogen and oxygen atoms in total. The number of rotatable bonds is 5. The van der Waals surface area contributed by atoms with E-state index in [2.05, 4.69) is 29.1 Å². The number of nitrogens with one attached hydrogen (secondary N) is 1. The van der Waals surface area contributed by atoms with E-state index in [9.17, 15) is 0 Å². The monoisotopic (exact) mass is 209 g/mol. The third-order valence-electron chi connectivity index (χ3n) is 2.11. The van der Waals surface area contributed by atoms with E-state index >= 15 is 0 Å². The largest absolute Gasteiger partial charge is 0.478 e. The highest BCUT2D eigenvalue weighted by Crippen LogP contribution is 2.12. The van der Waals surface area contributed by atoms with E-state index in [4.69, 9.17) is 4.74 Å². The number of ether oxygens (including phenoxy) is 1. The molecule has 0 radical (unpaired) electrons. The van der Waals surface area contributed by atoms with Crippen LogP contribution in [0.4, 0.5) is 5.95 Å². The molecule has 1 heterocycles. The Morgan fingerprint density at radius 1 is 1.40 bits per heavy atom. The Morgan fingerprint density at radius 2 is 2.13 bits per heavy atom. The van der Waals surface area contributed by atoms with Crippen molar-refractivity contribution < 1.29 is 4.74 Å². The number of hydrogen-bond donors (Lipinski definition) is 1. The molecule has 15 heavy (non-hydrogen) atoms. The summed E-state index contributed by atoms with van der Waals surface area (Å²) < 4.78 is 5.35. The lowest BCUT2D eigenvalue weighted by molar-refractivity contribution is 0.326. The topological polar surface area (TPSA) is 47.0 Å². The summed E-state index contributed by atoms with van der Waals surface area (Å²) in [5.74, 6) is 1.28. The third-order valence-corrected chi connectivity index (χ3v) is 2.11. The summed E-state index contributed by atoms with van der Waals surface area (Å²) in [7, 11) is 0. The predicted molar refractivity (Wildman–Crippen MR) is 61.3 cm³/mol. The molecule has 0 aromatic carbocycles. The van der Waals surface area contributed by atoms with Gasteiger partial charge in [0.15, 0.2) is 0 Å². The highest BCUT2D eigenvalue weighted by molar-refractivity contribution is 5.31. The number of anilines is 1. The molecule has 4 heteroatoms. The van der Waals surface area contributed by atoms with Crippen molar-refractivity contribution >= 4 is 5.95 Å². The van der Waals surface area contributed by atoms with Crippen LogP contribution in [-0.2, 0) is 0 Å². The number of aryl methyl sites for hydroxylation is 1. The van der Waals surface area contributed by atoms with Crippen LogP contribution in [0.3, 0.4) is 0 Å². The van der Waals surface area contributed by atoms with Crippen molar-refractivity contribution in [3.63, 3.8) is 0 Å². The Hall–Kier alpha value is -1.32. The predicted octanol–water partition coefficient (Wildman–Crippen LogP) is 2.39. The molecule has 1 atom stereocenters. The van der Waals surface area contributed by atoms with Crippen molar-refractivity contribution in [3.8, 4) is 5.88 Å². The summed E-state index contributed by atoms with van der Waals surface area (Å²) in [5, 5.41) is 3.23. The lowest BCUT2D eigenvalue weighted by Gasteiger charge is -2.12. The van der Waals surface area contributed by atoms with Gasteiger partial charge in [-0.3, -0.25) is 0 Å². The van der Waals surface area contributed by atoms with E-state index in [-0.39, 0.29) is 0 Å². The van der Waals surface area contributed by atoms with E-state index in [0.717, 1.165) is 12.1 Å². The summed E-state index contributed by atoms with van der Waals surface area (Å²) in [5.41, 5.74) is 0.916. The van der Waals surface area contributed by atoms with Gasteiger partial charge >= 0.3 is 0 Å². The summed E-state index contributed by atoms with van der Waals surface area (Å²) >= 11 is 0. The van der Waals surface area contributed by atoms with E-state index in [1.165, 1.54) is 0 Å². The van der Waals surface area contributed by atoms with Crippen LogP contribution in [0.15, 0.2) is 6.07 Å². The lowest BCUT2D eigenvalue weighted by Crippen LogP contribution is -2.16. The van der Waals surface area contributed by atoms with E-state index in [1.807, 2.05) is 19.9 Å². The molecule has 0 saturated heterocycles. The molecule has 1 N–H and O–H groups in total. The molecule has 0 aliphatic carbocycles. The molecule has 0 aliphatic rings. The van der Waals surface area contributed by atoms with Gasteiger partial charge in [0.2, 0.25) is 11.8 Å². The molecule has 0 saturated carbocycles. The van der Waals surface area contributed by atoms with Crippen LogP contribution in [0.5, 0.6) is 5.88 Å². The zero-order valence-electron chi connectivity index (χ0n) is 9.87. The SMILES string of the molecule is CCOc1cc(C)nc(NC(C)CC)n1. The van der Waals surface area contributed by atoms with Gasteiger partial charge in [0.25, 0.3) is 0 Å². The van der Waals surface area contributed by atoms with E-state index in [1.54, 1.807) is 0 Å². The smallest absolute Gasteiger partial charge is 0.226 e. The van der Waals surface area contributed by atoms with Gasteiger partial charge in [-0.2, -0.15) is 4.98 Å². The Morgan fingerprint density at radius 3 is 2.73 bits per heavy atom. The van der Waals surface area contributed by atoms with Gasteiger partial charge in [-0.05, 0) is 27.2 Å². The standard InChI is InChI=1S/C11H19N3O/c1-5-8(3)12-11-13-9(4)7-10(14-11)15-6-2/h7-8H,5-6H2,1-4H3,(H,12,13,14). The van der Waals surface area contributed by atoms with Gasteiger partial charge < -0.3 is 10.1 Å². The highest BCUT2D eigenvalue weighted by Gasteiger charge is 2.05. The normalized spacial score (nSPS) is 12.3. The first kappa shape index (κ1) is 11.8. The molecule has 1 rings (SSSR count). The summed E-state index contributed by atoms with van der Waals surface area (Å²) in [6.45, 7) is 8.73. The average Bonchev–Trinajstić information content (AvgIpc) is 2.17. The molecule has 0 spiro atoms. The van der Waals surface area contributed by atoms with Crippen LogP contribution in [-0.4, -0.2) is 22.6 Å². The van der Waals surface area contributed by atoms with Gasteiger partial charge in [-0.15, -0.1) is 0 Å². The molecule has 0 aliphatic heterocycles. The Bertz CT molecular complexity index is 315. The summed E-state index contributed by atoms with van der Waals surface area (Å²) in [6.07, 6.45) is 1.04. The minimum Gasteiger partial charge on any atom is -0.478 e. The number of aromatic nitrogens is 2. The second-order valence-electron chi connectivity index (χ2n) is 3.56. The Balaban J connectivity index is 2.78. The van der Waals surface area contributed by atoms with Crippen LogP contribution < -0.4 is 10.1 Å². The van der Waals surface area contributed by atoms with Gasteiger partial charge in [0, 0.05) is 17.8 Å². The first-order chi connectivity index (χ1) is 7.15. The first-order valence-corrected chi connectivity index (χ1v) is 5.40. The zero-order chi connectivity index (χ0) is 11.3. The van der Waals surface area contributed by atoms with E-state index in [0.29, 0.717) is 24.5 Å². The van der Waals surface area contributed by atoms with Gasteiger partial charge in [0.05, 0.1) is 6.61 Å². The van der Waals surface area contributed by atoms with E-state index < -0.39 is 0 Å². The summed E-state index contributed by atoms with van der Waals surface area (Å²) in [4.78, 5) is 8.57. The quantitative estimate of drug-likeness (QED) is 0.809. The molecular formula is C11H19N3O. The van der Waals surface area contributed by atoms with Crippen LogP contribution >= 0.6 is 0 Å². The first-order valence-electron chi connectivity index (χ1n) is 5.40. The van der Waals surface area contributed by atoms with Crippen molar-refractivity contribution in [2.75, 3.05) is 11.9 Å². The van der Waals surface area contributed by atoms with Crippen LogP contribution in [0.25, 0.3) is 0 Å². The number of nitrogens with zero attached hydrogens (tertiary/aromatic N) is 2. The second-order valence-corrected chi connectivity index (χ2v) is 3.56. The molecule has 84 valence electrons. The highest BCUT2D eigenvalue weighted by atomic mass is 16.5. The zero-order valence-corrected chi connectivity index (χ0v) is 9.87.